The molecule has 1 aromatic carbocycles. The van der Waals surface area contributed by atoms with E-state index in [0.717, 1.165) is 0 Å². The van der Waals surface area contributed by atoms with E-state index in [1.54, 1.807) is 0 Å². The van der Waals surface area contributed by atoms with Gasteiger partial charge in [0.15, 0.2) is 0 Å². The predicted octanol–water partition coefficient (Wildman–Crippen LogP) is 2.13. The summed E-state index contributed by atoms with van der Waals surface area (Å²) in [5, 5.41) is 17.2. The zero-order chi connectivity index (χ0) is 15.9. The van der Waals surface area contributed by atoms with Crippen LogP contribution in [0.25, 0.3) is 0 Å². The van der Waals surface area contributed by atoms with Gasteiger partial charge in [0.25, 0.3) is 0 Å². The van der Waals surface area contributed by atoms with Crippen LogP contribution in [0.15, 0.2) is 23.1 Å². The van der Waals surface area contributed by atoms with Crippen molar-refractivity contribution >= 4 is 27.6 Å². The lowest BCUT2D eigenvalue weighted by molar-refractivity contribution is -0.137. The normalized spacial score (nSPS) is 11.0. The minimum Gasteiger partial charge on any atom is -0.481 e. The summed E-state index contributed by atoms with van der Waals surface area (Å²) >= 11 is 5.85. The Morgan fingerprint density at radius 2 is 2.05 bits per heavy atom. The second-order valence-corrected chi connectivity index (χ2v) is 6.50. The number of carboxylic acids is 1. The maximum atomic E-state index is 12.0. The van der Waals surface area contributed by atoms with Crippen LogP contribution in [0.2, 0.25) is 5.02 Å². The molecule has 0 heterocycles. The zero-order valence-corrected chi connectivity index (χ0v) is 12.7. The number of unbranched alkanes of at least 4 members (excludes halogenated alkanes) is 2. The molecule has 0 bridgehead atoms. The Hall–Kier alpha value is -1.62. The molecular formula is C13H15ClN2O4S. The highest BCUT2D eigenvalue weighted by Gasteiger charge is 2.17. The van der Waals surface area contributed by atoms with Gasteiger partial charge in [-0.1, -0.05) is 18.0 Å². The lowest BCUT2D eigenvalue weighted by Crippen LogP contribution is -2.25. The van der Waals surface area contributed by atoms with E-state index in [1.807, 2.05) is 6.07 Å². The molecule has 0 radical (unpaired) electrons. The van der Waals surface area contributed by atoms with Gasteiger partial charge < -0.3 is 5.11 Å². The van der Waals surface area contributed by atoms with E-state index in [0.29, 0.717) is 19.3 Å². The third-order valence-corrected chi connectivity index (χ3v) is 4.65. The SMILES string of the molecule is N#Cc1ccc(S(=O)(=O)NCCCCCC(=O)O)c(Cl)c1. The Morgan fingerprint density at radius 3 is 2.62 bits per heavy atom. The summed E-state index contributed by atoms with van der Waals surface area (Å²) in [7, 11) is -3.73. The summed E-state index contributed by atoms with van der Waals surface area (Å²) in [5.74, 6) is -0.861. The Balaban J connectivity index is 2.54. The molecule has 0 fully saturated rings. The molecule has 0 atom stereocenters. The first-order valence-electron chi connectivity index (χ1n) is 6.28. The van der Waals surface area contributed by atoms with Crippen molar-refractivity contribution in [3.8, 4) is 6.07 Å². The van der Waals surface area contributed by atoms with Gasteiger partial charge in [-0.2, -0.15) is 5.26 Å². The fourth-order valence-corrected chi connectivity index (χ4v) is 3.27. The van der Waals surface area contributed by atoms with Crippen molar-refractivity contribution in [3.05, 3.63) is 28.8 Å². The molecule has 1 rings (SSSR count). The molecule has 114 valence electrons. The first-order chi connectivity index (χ1) is 9.86. The predicted molar refractivity (Wildman–Crippen MR) is 77.5 cm³/mol. The number of sulfonamides is 1. The van der Waals surface area contributed by atoms with Crippen molar-refractivity contribution in [1.29, 1.82) is 5.26 Å². The summed E-state index contributed by atoms with van der Waals surface area (Å²) in [5.41, 5.74) is 0.285. The highest BCUT2D eigenvalue weighted by atomic mass is 35.5. The summed E-state index contributed by atoms with van der Waals surface area (Å²) in [6.45, 7) is 0.207. The van der Waals surface area contributed by atoms with Crippen molar-refractivity contribution in [1.82, 2.24) is 4.72 Å². The molecule has 0 aliphatic rings. The van der Waals surface area contributed by atoms with Gasteiger partial charge >= 0.3 is 5.97 Å². The van der Waals surface area contributed by atoms with Crippen LogP contribution in [0.5, 0.6) is 0 Å². The molecule has 0 aromatic heterocycles. The smallest absolute Gasteiger partial charge is 0.303 e. The molecule has 6 nitrogen and oxygen atoms in total. The molecule has 21 heavy (non-hydrogen) atoms. The lowest BCUT2D eigenvalue weighted by Gasteiger charge is -2.08. The van der Waals surface area contributed by atoms with Gasteiger partial charge in [0, 0.05) is 13.0 Å². The van der Waals surface area contributed by atoms with Crippen LogP contribution in [-0.2, 0) is 14.8 Å². The van der Waals surface area contributed by atoms with E-state index in [2.05, 4.69) is 4.72 Å². The van der Waals surface area contributed by atoms with E-state index < -0.39 is 16.0 Å². The number of aliphatic carboxylic acids is 1. The van der Waals surface area contributed by atoms with E-state index in [1.165, 1.54) is 18.2 Å². The Bertz CT molecular complexity index is 653. The standard InChI is InChI=1S/C13H15ClN2O4S/c14-11-8-10(9-15)5-6-12(11)21(19,20)16-7-3-1-2-4-13(17)18/h5-6,8,16H,1-4,7H2,(H,17,18). The van der Waals surface area contributed by atoms with Crippen LogP contribution < -0.4 is 4.72 Å². The Kier molecular flexibility index (Phi) is 6.62. The number of nitrogens with zero attached hydrogens (tertiary/aromatic N) is 1. The highest BCUT2D eigenvalue weighted by molar-refractivity contribution is 7.89. The zero-order valence-electron chi connectivity index (χ0n) is 11.2. The average molecular weight is 331 g/mol. The van der Waals surface area contributed by atoms with Gasteiger partial charge in [-0.25, -0.2) is 13.1 Å². The van der Waals surface area contributed by atoms with Crippen molar-refractivity contribution in [2.24, 2.45) is 0 Å². The highest BCUT2D eigenvalue weighted by Crippen LogP contribution is 2.22. The van der Waals surface area contributed by atoms with E-state index >= 15 is 0 Å². The van der Waals surface area contributed by atoms with Gasteiger partial charge in [0.2, 0.25) is 10.0 Å². The second-order valence-electron chi connectivity index (χ2n) is 4.36. The monoisotopic (exact) mass is 330 g/mol. The Morgan fingerprint density at radius 1 is 1.33 bits per heavy atom. The number of rotatable bonds is 8. The fourth-order valence-electron chi connectivity index (χ4n) is 1.65. The number of carbonyl (C=O) groups is 1. The number of nitriles is 1. The third-order valence-electron chi connectivity index (χ3n) is 2.71. The minimum atomic E-state index is -3.73. The summed E-state index contributed by atoms with van der Waals surface area (Å²) in [6, 6.07) is 5.84. The lowest BCUT2D eigenvalue weighted by atomic mass is 10.2. The molecular weight excluding hydrogens is 316 g/mol. The number of hydrogen-bond donors (Lipinski definition) is 2. The van der Waals surface area contributed by atoms with Crippen LogP contribution in [0, 0.1) is 11.3 Å². The first-order valence-corrected chi connectivity index (χ1v) is 8.14. The molecule has 8 heteroatoms. The topological polar surface area (TPSA) is 107 Å². The van der Waals surface area contributed by atoms with Crippen LogP contribution in [0.4, 0.5) is 0 Å². The van der Waals surface area contributed by atoms with Crippen LogP contribution in [0.1, 0.15) is 31.2 Å². The average Bonchev–Trinajstić information content (AvgIpc) is 2.41. The number of hydrogen-bond acceptors (Lipinski definition) is 4. The van der Waals surface area contributed by atoms with Crippen LogP contribution in [0.3, 0.4) is 0 Å². The summed E-state index contributed by atoms with van der Waals surface area (Å²) in [4.78, 5) is 10.2. The fraction of sp³-hybridized carbons (Fsp3) is 0.385. The van der Waals surface area contributed by atoms with Crippen molar-refractivity contribution in [2.45, 2.75) is 30.6 Å². The molecule has 2 N–H and O–H groups in total. The molecule has 0 amide bonds. The van der Waals surface area contributed by atoms with Gasteiger partial charge in [-0.3, -0.25) is 4.79 Å². The summed E-state index contributed by atoms with van der Waals surface area (Å²) < 4.78 is 26.4. The molecule has 0 aliphatic carbocycles. The molecule has 0 spiro atoms. The van der Waals surface area contributed by atoms with Crippen molar-refractivity contribution in [3.63, 3.8) is 0 Å². The molecule has 0 saturated carbocycles. The minimum absolute atomic E-state index is 0.00701. The van der Waals surface area contributed by atoms with Gasteiger partial charge in [0.05, 0.1) is 16.7 Å². The van der Waals surface area contributed by atoms with Crippen LogP contribution >= 0.6 is 11.6 Å². The maximum absolute atomic E-state index is 12.0. The quantitative estimate of drug-likeness (QED) is 0.710. The molecule has 0 saturated heterocycles. The molecule has 0 aliphatic heterocycles. The van der Waals surface area contributed by atoms with Gasteiger partial charge in [0.1, 0.15) is 4.90 Å². The largest absolute Gasteiger partial charge is 0.481 e. The van der Waals surface area contributed by atoms with Crippen molar-refractivity contribution < 1.29 is 18.3 Å². The number of carboxylic acid groups (broad SMARTS) is 1. The molecule has 0 unspecified atom stereocenters. The second kappa shape index (κ2) is 7.98. The molecule has 1 aromatic rings. The van der Waals surface area contributed by atoms with E-state index in [4.69, 9.17) is 22.0 Å². The number of halogens is 1. The number of benzene rings is 1. The van der Waals surface area contributed by atoms with E-state index in [-0.39, 0.29) is 28.4 Å². The number of nitrogens with one attached hydrogen (secondary N) is 1. The third kappa shape index (κ3) is 5.71. The van der Waals surface area contributed by atoms with Gasteiger partial charge in [-0.05, 0) is 31.0 Å². The maximum Gasteiger partial charge on any atom is 0.303 e. The summed E-state index contributed by atoms with van der Waals surface area (Å²) in [6.07, 6.45) is 1.75. The van der Waals surface area contributed by atoms with Gasteiger partial charge in [-0.15, -0.1) is 0 Å². The Labute approximate surface area is 128 Å². The van der Waals surface area contributed by atoms with Crippen LogP contribution in [-0.4, -0.2) is 26.0 Å². The van der Waals surface area contributed by atoms with E-state index in [9.17, 15) is 13.2 Å². The first kappa shape index (κ1) is 17.4. The van der Waals surface area contributed by atoms with Crippen molar-refractivity contribution in [2.75, 3.05) is 6.54 Å².